The molecule has 1 aliphatic heterocycles. The van der Waals surface area contributed by atoms with E-state index in [1.807, 2.05) is 0 Å². The van der Waals surface area contributed by atoms with E-state index in [1.165, 1.54) is 32.2 Å². The lowest BCUT2D eigenvalue weighted by Gasteiger charge is -2.37. The molecule has 0 aromatic carbocycles. The second-order valence-corrected chi connectivity index (χ2v) is 8.13. The molecule has 124 valence electrons. The Bertz CT molecular complexity index is 292. The van der Waals surface area contributed by atoms with E-state index in [-0.39, 0.29) is 0 Å². The van der Waals surface area contributed by atoms with Crippen LogP contribution in [0.4, 0.5) is 0 Å². The molecular weight excluding hydrogens is 260 g/mol. The minimum atomic E-state index is 0.393. The Balaban J connectivity index is 1.60. The van der Waals surface area contributed by atoms with Crippen LogP contribution in [0.15, 0.2) is 0 Å². The summed E-state index contributed by atoms with van der Waals surface area (Å²) in [4.78, 5) is 2.49. The van der Waals surface area contributed by atoms with Crippen molar-refractivity contribution in [3.8, 4) is 0 Å². The highest BCUT2D eigenvalue weighted by Crippen LogP contribution is 2.39. The van der Waals surface area contributed by atoms with E-state index >= 15 is 0 Å². The van der Waals surface area contributed by atoms with Gasteiger partial charge in [-0.25, -0.2) is 0 Å². The SMILES string of the molecule is CCN1CCOC(CNCC2CCC(C(C)(C)C)CC2)C1. The highest BCUT2D eigenvalue weighted by molar-refractivity contribution is 4.82. The van der Waals surface area contributed by atoms with Crippen LogP contribution >= 0.6 is 0 Å². The van der Waals surface area contributed by atoms with Crippen molar-refractivity contribution in [2.45, 2.75) is 59.5 Å². The number of nitrogens with one attached hydrogen (secondary N) is 1. The van der Waals surface area contributed by atoms with E-state index in [0.29, 0.717) is 11.5 Å². The predicted molar refractivity (Wildman–Crippen MR) is 89.6 cm³/mol. The Morgan fingerprint density at radius 2 is 1.81 bits per heavy atom. The number of ether oxygens (including phenoxy) is 1. The molecule has 1 saturated carbocycles. The van der Waals surface area contributed by atoms with Crippen molar-refractivity contribution >= 4 is 0 Å². The number of rotatable bonds is 5. The van der Waals surface area contributed by atoms with Gasteiger partial charge in [0.1, 0.15) is 0 Å². The van der Waals surface area contributed by atoms with E-state index in [4.69, 9.17) is 4.74 Å². The van der Waals surface area contributed by atoms with Crippen molar-refractivity contribution < 1.29 is 4.74 Å². The summed E-state index contributed by atoms with van der Waals surface area (Å²) in [6.07, 6.45) is 6.03. The zero-order valence-electron chi connectivity index (χ0n) is 14.7. The zero-order chi connectivity index (χ0) is 15.3. The van der Waals surface area contributed by atoms with Crippen molar-refractivity contribution in [1.29, 1.82) is 0 Å². The summed E-state index contributed by atoms with van der Waals surface area (Å²) in [6.45, 7) is 15.9. The largest absolute Gasteiger partial charge is 0.374 e. The number of hydrogen-bond acceptors (Lipinski definition) is 3. The highest BCUT2D eigenvalue weighted by atomic mass is 16.5. The maximum absolute atomic E-state index is 5.86. The number of hydrogen-bond donors (Lipinski definition) is 1. The minimum Gasteiger partial charge on any atom is -0.374 e. The monoisotopic (exact) mass is 296 g/mol. The Kier molecular flexibility index (Phi) is 6.51. The van der Waals surface area contributed by atoms with Gasteiger partial charge in [-0.3, -0.25) is 4.90 Å². The van der Waals surface area contributed by atoms with E-state index in [0.717, 1.165) is 44.6 Å². The number of nitrogens with zero attached hydrogens (tertiary/aromatic N) is 1. The molecule has 3 heteroatoms. The fourth-order valence-corrected chi connectivity index (χ4v) is 3.87. The smallest absolute Gasteiger partial charge is 0.0826 e. The lowest BCUT2D eigenvalue weighted by molar-refractivity contribution is -0.0257. The topological polar surface area (TPSA) is 24.5 Å². The van der Waals surface area contributed by atoms with Crippen molar-refractivity contribution in [3.05, 3.63) is 0 Å². The maximum atomic E-state index is 5.86. The fourth-order valence-electron chi connectivity index (χ4n) is 3.87. The standard InChI is InChI=1S/C18H36N2O/c1-5-20-10-11-21-17(14-20)13-19-12-15-6-8-16(9-7-15)18(2,3)4/h15-17,19H,5-14H2,1-4H3. The summed E-state index contributed by atoms with van der Waals surface area (Å²) in [6, 6.07) is 0. The lowest BCUT2D eigenvalue weighted by Crippen LogP contribution is -2.47. The van der Waals surface area contributed by atoms with Gasteiger partial charge in [0.2, 0.25) is 0 Å². The van der Waals surface area contributed by atoms with Crippen LogP contribution in [-0.2, 0) is 4.74 Å². The first-order valence-electron chi connectivity index (χ1n) is 9.03. The van der Waals surface area contributed by atoms with Crippen LogP contribution in [0.3, 0.4) is 0 Å². The quantitative estimate of drug-likeness (QED) is 0.843. The van der Waals surface area contributed by atoms with E-state index < -0.39 is 0 Å². The number of morpholine rings is 1. The molecule has 2 aliphatic rings. The summed E-state index contributed by atoms with van der Waals surface area (Å²) < 4.78 is 5.86. The van der Waals surface area contributed by atoms with Crippen LogP contribution in [0.25, 0.3) is 0 Å². The highest BCUT2D eigenvalue weighted by Gasteiger charge is 2.29. The molecule has 3 nitrogen and oxygen atoms in total. The minimum absolute atomic E-state index is 0.393. The molecule has 0 spiro atoms. The van der Waals surface area contributed by atoms with Crippen molar-refractivity contribution in [2.24, 2.45) is 17.3 Å². The molecule has 1 N–H and O–H groups in total. The normalized spacial score (nSPS) is 32.3. The van der Waals surface area contributed by atoms with E-state index in [2.05, 4.69) is 37.9 Å². The first-order valence-corrected chi connectivity index (χ1v) is 9.03. The van der Waals surface area contributed by atoms with Crippen LogP contribution in [-0.4, -0.2) is 50.3 Å². The van der Waals surface area contributed by atoms with E-state index in [1.54, 1.807) is 0 Å². The van der Waals surface area contributed by atoms with Crippen LogP contribution in [0, 0.1) is 17.3 Å². The van der Waals surface area contributed by atoms with Gasteiger partial charge >= 0.3 is 0 Å². The van der Waals surface area contributed by atoms with Crippen LogP contribution in [0.2, 0.25) is 0 Å². The molecular formula is C18H36N2O. The zero-order valence-corrected chi connectivity index (χ0v) is 14.7. The lowest BCUT2D eigenvalue weighted by atomic mass is 9.70. The molecule has 2 rings (SSSR count). The van der Waals surface area contributed by atoms with Gasteiger partial charge < -0.3 is 10.1 Å². The third kappa shape index (κ3) is 5.54. The molecule has 1 saturated heterocycles. The Morgan fingerprint density at radius 1 is 1.10 bits per heavy atom. The Labute approximate surface area is 131 Å². The third-order valence-electron chi connectivity index (χ3n) is 5.55. The fraction of sp³-hybridized carbons (Fsp3) is 1.00. The second kappa shape index (κ2) is 7.94. The van der Waals surface area contributed by atoms with Gasteiger partial charge in [-0.05, 0) is 56.0 Å². The molecule has 21 heavy (non-hydrogen) atoms. The van der Waals surface area contributed by atoms with Gasteiger partial charge in [0.25, 0.3) is 0 Å². The van der Waals surface area contributed by atoms with Gasteiger partial charge in [0, 0.05) is 19.6 Å². The Morgan fingerprint density at radius 3 is 2.43 bits per heavy atom. The van der Waals surface area contributed by atoms with Gasteiger partial charge in [-0.1, -0.05) is 27.7 Å². The summed E-state index contributed by atoms with van der Waals surface area (Å²) in [7, 11) is 0. The molecule has 0 aromatic heterocycles. The predicted octanol–water partition coefficient (Wildman–Crippen LogP) is 3.15. The van der Waals surface area contributed by atoms with Crippen molar-refractivity contribution in [2.75, 3.05) is 39.3 Å². The summed E-state index contributed by atoms with van der Waals surface area (Å²) in [5.41, 5.74) is 0.498. The second-order valence-electron chi connectivity index (χ2n) is 8.13. The van der Waals surface area contributed by atoms with Gasteiger partial charge in [0.15, 0.2) is 0 Å². The summed E-state index contributed by atoms with van der Waals surface area (Å²) in [5.74, 6) is 1.81. The average Bonchev–Trinajstić information content (AvgIpc) is 2.47. The molecule has 1 heterocycles. The average molecular weight is 296 g/mol. The van der Waals surface area contributed by atoms with Crippen molar-refractivity contribution in [3.63, 3.8) is 0 Å². The Hall–Kier alpha value is -0.120. The molecule has 0 aromatic rings. The van der Waals surface area contributed by atoms with Crippen LogP contribution in [0.1, 0.15) is 53.4 Å². The van der Waals surface area contributed by atoms with E-state index in [9.17, 15) is 0 Å². The van der Waals surface area contributed by atoms with Crippen LogP contribution in [0.5, 0.6) is 0 Å². The molecule has 0 bridgehead atoms. The molecule has 0 radical (unpaired) electrons. The molecule has 1 atom stereocenters. The number of likely N-dealkylation sites (N-methyl/N-ethyl adjacent to an activating group) is 1. The molecule has 1 aliphatic carbocycles. The molecule has 0 amide bonds. The van der Waals surface area contributed by atoms with Crippen LogP contribution < -0.4 is 5.32 Å². The van der Waals surface area contributed by atoms with Crippen molar-refractivity contribution in [1.82, 2.24) is 10.2 Å². The maximum Gasteiger partial charge on any atom is 0.0826 e. The summed E-state index contributed by atoms with van der Waals surface area (Å²) >= 11 is 0. The van der Waals surface area contributed by atoms with Gasteiger partial charge in [0.05, 0.1) is 12.7 Å². The summed E-state index contributed by atoms with van der Waals surface area (Å²) in [5, 5.41) is 3.67. The first kappa shape index (κ1) is 17.2. The molecule has 2 fully saturated rings. The molecule has 1 unspecified atom stereocenters. The van der Waals surface area contributed by atoms with Gasteiger partial charge in [-0.2, -0.15) is 0 Å². The third-order valence-corrected chi connectivity index (χ3v) is 5.55. The van der Waals surface area contributed by atoms with Gasteiger partial charge in [-0.15, -0.1) is 0 Å². The first-order chi connectivity index (χ1) is 9.99.